The Kier molecular flexibility index (Phi) is 2.97. The minimum absolute atomic E-state index is 0.115. The van der Waals surface area contributed by atoms with E-state index in [2.05, 4.69) is 6.07 Å². The van der Waals surface area contributed by atoms with Crippen LogP contribution in [0.1, 0.15) is 18.9 Å². The van der Waals surface area contributed by atoms with Crippen molar-refractivity contribution in [2.24, 2.45) is 11.8 Å². The van der Waals surface area contributed by atoms with E-state index in [9.17, 15) is 4.79 Å². The minimum atomic E-state index is -0.683. The minimum Gasteiger partial charge on any atom is -0.494 e. The summed E-state index contributed by atoms with van der Waals surface area (Å²) in [7, 11) is 0. The topological polar surface area (TPSA) is 55.8 Å². The van der Waals surface area contributed by atoms with Crippen LogP contribution in [0.4, 0.5) is 0 Å². The summed E-state index contributed by atoms with van der Waals surface area (Å²) in [6, 6.07) is 7.99. The Morgan fingerprint density at radius 3 is 2.84 bits per heavy atom. The summed E-state index contributed by atoms with van der Waals surface area (Å²) in [5.74, 6) is 0.159. The first kappa shape index (κ1) is 12.5. The summed E-state index contributed by atoms with van der Waals surface area (Å²) in [6.07, 6.45) is 0.761. The van der Waals surface area contributed by atoms with Crippen LogP contribution in [-0.2, 0) is 14.9 Å². The Hall–Kier alpha value is -1.55. The molecule has 1 saturated heterocycles. The van der Waals surface area contributed by atoms with E-state index in [1.165, 1.54) is 0 Å². The molecule has 1 aromatic carbocycles. The van der Waals surface area contributed by atoms with Gasteiger partial charge in [0.2, 0.25) is 0 Å². The molecular weight excluding hydrogens is 244 g/mol. The number of carbonyl (C=O) groups is 1. The van der Waals surface area contributed by atoms with Crippen LogP contribution in [0.25, 0.3) is 0 Å². The van der Waals surface area contributed by atoms with E-state index in [0.29, 0.717) is 19.8 Å². The van der Waals surface area contributed by atoms with Gasteiger partial charge in [-0.1, -0.05) is 12.1 Å². The van der Waals surface area contributed by atoms with Crippen LogP contribution >= 0.6 is 0 Å². The number of carboxylic acid groups (broad SMARTS) is 1. The predicted octanol–water partition coefficient (Wildman–Crippen LogP) is 2.07. The van der Waals surface area contributed by atoms with Crippen LogP contribution < -0.4 is 4.74 Å². The van der Waals surface area contributed by atoms with E-state index in [4.69, 9.17) is 14.6 Å². The lowest BCUT2D eigenvalue weighted by Crippen LogP contribution is -2.49. The van der Waals surface area contributed by atoms with Crippen molar-refractivity contribution >= 4 is 5.97 Å². The molecular formula is C15H18O4. The van der Waals surface area contributed by atoms with Gasteiger partial charge in [0.1, 0.15) is 5.75 Å². The number of hydrogen-bond donors (Lipinski definition) is 1. The summed E-state index contributed by atoms with van der Waals surface area (Å²) in [4.78, 5) is 11.1. The number of rotatable bonds is 5. The lowest BCUT2D eigenvalue weighted by atomic mass is 9.73. The molecule has 0 radical (unpaired) electrons. The molecule has 102 valence electrons. The highest BCUT2D eigenvalue weighted by atomic mass is 16.5. The van der Waals surface area contributed by atoms with Crippen LogP contribution in [0, 0.1) is 11.8 Å². The number of hydrogen-bond acceptors (Lipinski definition) is 3. The van der Waals surface area contributed by atoms with Crippen molar-refractivity contribution in [3.63, 3.8) is 0 Å². The van der Waals surface area contributed by atoms with Crippen LogP contribution in [-0.4, -0.2) is 30.9 Å². The molecule has 1 N–H and O–H groups in total. The maximum Gasteiger partial charge on any atom is 0.306 e. The molecule has 4 heteroatoms. The molecule has 0 spiro atoms. The van der Waals surface area contributed by atoms with E-state index in [-0.39, 0.29) is 17.3 Å². The molecule has 4 nitrogen and oxygen atoms in total. The van der Waals surface area contributed by atoms with Crippen LogP contribution in [0.5, 0.6) is 5.75 Å². The second-order valence-corrected chi connectivity index (χ2v) is 5.40. The van der Waals surface area contributed by atoms with Crippen LogP contribution in [0.2, 0.25) is 0 Å². The first-order valence-corrected chi connectivity index (χ1v) is 6.71. The van der Waals surface area contributed by atoms with Gasteiger partial charge in [0.05, 0.1) is 25.7 Å². The SMILES string of the molecule is CCOc1cccc(C2(C3CC3C(=O)O)COC2)c1. The van der Waals surface area contributed by atoms with Crippen molar-refractivity contribution in [2.45, 2.75) is 18.8 Å². The molecule has 1 aliphatic heterocycles. The zero-order valence-corrected chi connectivity index (χ0v) is 11.0. The molecule has 1 aromatic rings. The zero-order valence-electron chi connectivity index (χ0n) is 11.0. The van der Waals surface area contributed by atoms with Crippen molar-refractivity contribution in [2.75, 3.05) is 19.8 Å². The number of aliphatic carboxylic acids is 1. The first-order chi connectivity index (χ1) is 9.17. The molecule has 0 aromatic heterocycles. The number of ether oxygens (including phenoxy) is 2. The van der Waals surface area contributed by atoms with Gasteiger partial charge in [0.25, 0.3) is 0 Å². The van der Waals surface area contributed by atoms with Gasteiger partial charge in [-0.2, -0.15) is 0 Å². The third-order valence-electron chi connectivity index (χ3n) is 4.26. The fourth-order valence-electron chi connectivity index (χ4n) is 3.06. The maximum absolute atomic E-state index is 11.1. The average Bonchev–Trinajstić information content (AvgIpc) is 3.09. The highest BCUT2D eigenvalue weighted by Gasteiger charge is 2.60. The first-order valence-electron chi connectivity index (χ1n) is 6.71. The van der Waals surface area contributed by atoms with E-state index in [1.807, 2.05) is 25.1 Å². The zero-order chi connectivity index (χ0) is 13.5. The molecule has 2 atom stereocenters. The molecule has 3 rings (SSSR count). The number of carboxylic acids is 1. The maximum atomic E-state index is 11.1. The van der Waals surface area contributed by atoms with Gasteiger partial charge in [0.15, 0.2) is 0 Å². The average molecular weight is 262 g/mol. The monoisotopic (exact) mass is 262 g/mol. The van der Waals surface area contributed by atoms with Gasteiger partial charge >= 0.3 is 5.97 Å². The van der Waals surface area contributed by atoms with Crippen molar-refractivity contribution in [3.8, 4) is 5.75 Å². The van der Waals surface area contributed by atoms with Crippen LogP contribution in [0.15, 0.2) is 24.3 Å². The summed E-state index contributed by atoms with van der Waals surface area (Å²) < 4.78 is 10.9. The highest BCUT2D eigenvalue weighted by Crippen LogP contribution is 2.56. The molecule has 1 saturated carbocycles. The Balaban J connectivity index is 1.86. The van der Waals surface area contributed by atoms with Gasteiger partial charge in [-0.15, -0.1) is 0 Å². The van der Waals surface area contributed by atoms with Gasteiger partial charge < -0.3 is 14.6 Å². The fourth-order valence-corrected chi connectivity index (χ4v) is 3.06. The normalized spacial score (nSPS) is 27.4. The predicted molar refractivity (Wildman–Crippen MR) is 69.3 cm³/mol. The van der Waals surface area contributed by atoms with Crippen molar-refractivity contribution < 1.29 is 19.4 Å². The largest absolute Gasteiger partial charge is 0.494 e. The molecule has 1 heterocycles. The van der Waals surface area contributed by atoms with Gasteiger partial charge in [-0.3, -0.25) is 4.79 Å². The van der Waals surface area contributed by atoms with Crippen LogP contribution in [0.3, 0.4) is 0 Å². The summed E-state index contributed by atoms with van der Waals surface area (Å²) >= 11 is 0. The standard InChI is InChI=1S/C15H18O4/c1-2-19-11-5-3-4-10(6-11)15(8-18-9-15)13-7-12(13)14(16)17/h3-6,12-13H,2,7-9H2,1H3,(H,16,17). The summed E-state index contributed by atoms with van der Waals surface area (Å²) in [5.41, 5.74) is 1.04. The molecule has 19 heavy (non-hydrogen) atoms. The fraction of sp³-hybridized carbons (Fsp3) is 0.533. The second-order valence-electron chi connectivity index (χ2n) is 5.40. The second kappa shape index (κ2) is 4.53. The Labute approximate surface area is 112 Å². The van der Waals surface area contributed by atoms with Crippen molar-refractivity contribution in [1.29, 1.82) is 0 Å². The third kappa shape index (κ3) is 2.00. The van der Waals surface area contributed by atoms with Gasteiger partial charge in [0, 0.05) is 5.41 Å². The van der Waals surface area contributed by atoms with Crippen molar-refractivity contribution in [1.82, 2.24) is 0 Å². The Morgan fingerprint density at radius 2 is 2.32 bits per heavy atom. The number of benzene rings is 1. The molecule has 1 aliphatic carbocycles. The Bertz CT molecular complexity index is 493. The molecule has 0 bridgehead atoms. The van der Waals surface area contributed by atoms with E-state index in [0.717, 1.165) is 17.7 Å². The summed E-state index contributed by atoms with van der Waals surface area (Å²) in [6.45, 7) is 3.83. The highest BCUT2D eigenvalue weighted by molar-refractivity contribution is 5.74. The smallest absolute Gasteiger partial charge is 0.306 e. The lowest BCUT2D eigenvalue weighted by molar-refractivity contribution is -0.140. The molecule has 2 aliphatic rings. The summed E-state index contributed by atoms with van der Waals surface area (Å²) in [5, 5.41) is 9.13. The van der Waals surface area contributed by atoms with Gasteiger partial charge in [-0.25, -0.2) is 0 Å². The van der Waals surface area contributed by atoms with E-state index >= 15 is 0 Å². The quantitative estimate of drug-likeness (QED) is 0.882. The van der Waals surface area contributed by atoms with E-state index < -0.39 is 5.97 Å². The van der Waals surface area contributed by atoms with Gasteiger partial charge in [-0.05, 0) is 37.0 Å². The lowest BCUT2D eigenvalue weighted by Gasteiger charge is -2.43. The third-order valence-corrected chi connectivity index (χ3v) is 4.26. The Morgan fingerprint density at radius 1 is 1.53 bits per heavy atom. The van der Waals surface area contributed by atoms with Crippen molar-refractivity contribution in [3.05, 3.63) is 29.8 Å². The molecule has 2 unspecified atom stereocenters. The molecule has 2 fully saturated rings. The molecule has 0 amide bonds. The van der Waals surface area contributed by atoms with E-state index in [1.54, 1.807) is 0 Å².